The van der Waals surface area contributed by atoms with Crippen molar-refractivity contribution in [2.45, 2.75) is 186 Å². The Kier molecular flexibility index (Phi) is 28.4. The number of carbonyl (C=O) groups is 9. The van der Waals surface area contributed by atoms with Crippen LogP contribution in [0.15, 0.2) is 72.4 Å². The summed E-state index contributed by atoms with van der Waals surface area (Å²) in [6.07, 6.45) is 8.16. The standard InChI is InChI=1S/C64H97N9O17/c1-10-48(75)43(6)57-49(88-57)39-63(7,85)28-14-16-41(4)56-42(5)19-24-50(64(8,86)29-27-45(74)38-54(79)90-56)89-62(84)72-36-34-71(35-37-72)33-32-70(9)61(83)87-46-22-20-44(21-23-46)67-58(80)47(17-15-30-66-60(65)82)68-59(81)55(40(2)3)69-51(76)18-12-11-13-31-73-52(77)25-26-53(73)78/h14,16,19-26,28,40,42-43,45,47-50,55-57,74-75,85-86H,10-13,15,17-18,27,29-39H2,1-9H3,(H,67,80)(H,68,81)(H,69,76)(H3,65,66,82)/b24-19?,28-14+,41-16+/t42?,43-,45?,47?,48+,49-,50?,55?,56?,57-,63?,64?/m1/s1. The Balaban J connectivity index is 1.09. The molecule has 90 heavy (non-hydrogen) atoms. The van der Waals surface area contributed by atoms with Crippen molar-refractivity contribution in [2.75, 3.05) is 64.7 Å². The molecule has 12 atom stereocenters. The molecule has 8 unspecified atom stereocenters. The summed E-state index contributed by atoms with van der Waals surface area (Å²) in [6, 6.07) is 3.17. The lowest BCUT2D eigenvalue weighted by atomic mass is 9.88. The summed E-state index contributed by atoms with van der Waals surface area (Å²) in [4.78, 5) is 121. The number of epoxide rings is 1. The van der Waals surface area contributed by atoms with Crippen molar-refractivity contribution in [3.8, 4) is 5.75 Å². The minimum Gasteiger partial charge on any atom is -0.457 e. The van der Waals surface area contributed by atoms with Gasteiger partial charge in [0.25, 0.3) is 11.8 Å². The maximum Gasteiger partial charge on any atom is 0.415 e. The van der Waals surface area contributed by atoms with Gasteiger partial charge in [-0.1, -0.05) is 65.3 Å². The number of nitrogens with zero attached hydrogens (tertiary/aromatic N) is 4. The number of anilines is 1. The molecule has 0 spiro atoms. The average molecular weight is 1260 g/mol. The normalized spacial score (nSPS) is 24.6. The van der Waals surface area contributed by atoms with E-state index in [2.05, 4.69) is 26.2 Å². The van der Waals surface area contributed by atoms with Crippen LogP contribution in [0.3, 0.4) is 0 Å². The molecule has 0 aliphatic carbocycles. The predicted octanol–water partition coefficient (Wildman–Crippen LogP) is 3.96. The monoisotopic (exact) mass is 1260 g/mol. The summed E-state index contributed by atoms with van der Waals surface area (Å²) in [6.45, 7) is 16.7. The SMILES string of the molecule is CC[C@H](O)[C@@H](C)[C@H]1O[C@@H]1CC(C)(O)/C=C/C=C(\C)C1OC(=O)CC(O)CCC(C)(O)C(OC(=O)N2CCN(CCN(C)C(=O)Oc3ccc(NC(=O)C(CCCNC(N)=O)NC(=O)C(NC(=O)CCCCCN4C(=O)C=CC4=O)C(C)C)cc3)CC2)C=CC1C. The van der Waals surface area contributed by atoms with E-state index in [9.17, 15) is 63.6 Å². The lowest BCUT2D eigenvalue weighted by Crippen LogP contribution is -2.54. The quantitative estimate of drug-likeness (QED) is 0.0137. The van der Waals surface area contributed by atoms with E-state index < -0.39 is 89.6 Å². The zero-order valence-electron chi connectivity index (χ0n) is 53.6. The Morgan fingerprint density at radius 3 is 2.27 bits per heavy atom. The van der Waals surface area contributed by atoms with Gasteiger partial charge in [0.2, 0.25) is 17.7 Å². The molecule has 26 heteroatoms. The zero-order valence-corrected chi connectivity index (χ0v) is 53.6. The van der Waals surface area contributed by atoms with Crippen molar-refractivity contribution in [2.24, 2.45) is 23.5 Å². The first-order chi connectivity index (χ1) is 42.5. The minimum atomic E-state index is -1.63. The van der Waals surface area contributed by atoms with E-state index in [0.717, 1.165) is 4.90 Å². The highest BCUT2D eigenvalue weighted by Crippen LogP contribution is 2.38. The molecule has 4 aliphatic heterocycles. The number of imide groups is 1. The van der Waals surface area contributed by atoms with Gasteiger partial charge in [0, 0.05) is 102 Å². The van der Waals surface area contributed by atoms with Crippen molar-refractivity contribution in [3.05, 3.63) is 72.4 Å². The van der Waals surface area contributed by atoms with Gasteiger partial charge < -0.3 is 76.2 Å². The minimum absolute atomic E-state index is 0.00103. The third-order valence-corrected chi connectivity index (χ3v) is 16.7. The van der Waals surface area contributed by atoms with Crippen LogP contribution in [-0.4, -0.2) is 213 Å². The summed E-state index contributed by atoms with van der Waals surface area (Å²) in [7, 11) is 1.58. The Morgan fingerprint density at radius 2 is 1.62 bits per heavy atom. The molecule has 1 aromatic rings. The summed E-state index contributed by atoms with van der Waals surface area (Å²) in [5, 5.41) is 54.7. The number of ether oxygens (including phenoxy) is 4. The largest absolute Gasteiger partial charge is 0.457 e. The molecule has 0 radical (unpaired) electrons. The number of nitrogens with two attached hydrogens (primary N) is 1. The predicted molar refractivity (Wildman–Crippen MR) is 333 cm³/mol. The van der Waals surface area contributed by atoms with Crippen LogP contribution in [0.25, 0.3) is 0 Å². The fourth-order valence-electron chi connectivity index (χ4n) is 10.7. The summed E-state index contributed by atoms with van der Waals surface area (Å²) in [5.41, 5.74) is 3.31. The number of urea groups is 1. The van der Waals surface area contributed by atoms with Gasteiger partial charge in [-0.25, -0.2) is 14.4 Å². The third-order valence-electron chi connectivity index (χ3n) is 16.7. The second kappa shape index (κ2) is 34.8. The number of primary amides is 1. The fourth-order valence-corrected chi connectivity index (χ4v) is 10.7. The molecule has 1 aromatic carbocycles. The Labute approximate surface area is 527 Å². The van der Waals surface area contributed by atoms with Crippen LogP contribution in [0.2, 0.25) is 0 Å². The van der Waals surface area contributed by atoms with Crippen molar-refractivity contribution in [1.29, 1.82) is 0 Å². The average Bonchev–Trinajstić information content (AvgIpc) is 3.65. The van der Waals surface area contributed by atoms with Crippen LogP contribution < -0.4 is 31.7 Å². The molecule has 0 saturated carbocycles. The molecule has 4 heterocycles. The molecule has 2 fully saturated rings. The topological polar surface area (TPSA) is 362 Å². The summed E-state index contributed by atoms with van der Waals surface area (Å²) < 4.78 is 23.3. The summed E-state index contributed by atoms with van der Waals surface area (Å²) >= 11 is 0. The van der Waals surface area contributed by atoms with Crippen molar-refractivity contribution in [3.63, 3.8) is 0 Å². The van der Waals surface area contributed by atoms with Gasteiger partial charge in [-0.3, -0.25) is 38.6 Å². The number of carbonyl (C=O) groups excluding carboxylic acids is 9. The van der Waals surface area contributed by atoms with Gasteiger partial charge in [-0.2, -0.15) is 0 Å². The number of aliphatic hydroxyl groups is 4. The zero-order chi connectivity index (χ0) is 66.5. The molecule has 10 N–H and O–H groups in total. The van der Waals surface area contributed by atoms with Gasteiger partial charge in [0.05, 0.1) is 36.4 Å². The van der Waals surface area contributed by atoms with Gasteiger partial charge in [0.15, 0.2) is 6.10 Å². The van der Waals surface area contributed by atoms with Crippen molar-refractivity contribution < 1.29 is 82.5 Å². The second-order valence-electron chi connectivity index (χ2n) is 24.9. The maximum absolute atomic E-state index is 13.8. The molecule has 2 saturated heterocycles. The van der Waals surface area contributed by atoms with Gasteiger partial charge >= 0.3 is 24.2 Å². The number of allylic oxidation sites excluding steroid dienone is 2. The number of nitrogens with one attached hydrogen (secondary N) is 4. The number of piperazine rings is 1. The lowest BCUT2D eigenvalue weighted by molar-refractivity contribution is -0.151. The Hall–Kier alpha value is -7.23. The number of amides is 9. The molecule has 26 nitrogen and oxygen atoms in total. The number of aliphatic hydroxyl groups excluding tert-OH is 2. The first-order valence-corrected chi connectivity index (χ1v) is 31.4. The number of rotatable bonds is 29. The Morgan fingerprint density at radius 1 is 0.944 bits per heavy atom. The number of unbranched alkanes of at least 4 members (excludes halogenated alkanes) is 2. The van der Waals surface area contributed by atoms with Gasteiger partial charge in [0.1, 0.15) is 29.5 Å². The molecule has 0 aromatic heterocycles. The van der Waals surface area contributed by atoms with Crippen LogP contribution in [-0.2, 0) is 43.0 Å². The molecule has 0 bridgehead atoms. The van der Waals surface area contributed by atoms with Crippen LogP contribution in [0, 0.1) is 17.8 Å². The number of hydrogen-bond donors (Lipinski definition) is 9. The first-order valence-electron chi connectivity index (χ1n) is 31.4. The number of esters is 1. The third kappa shape index (κ3) is 23.9. The Bertz CT molecular complexity index is 2730. The number of hydrogen-bond acceptors (Lipinski definition) is 18. The molecule has 4 aliphatic rings. The van der Waals surface area contributed by atoms with E-state index in [-0.39, 0.29) is 119 Å². The molecule has 9 amide bonds. The first kappa shape index (κ1) is 73.5. The molecular formula is C64H97N9O17. The van der Waals surface area contributed by atoms with Crippen LogP contribution >= 0.6 is 0 Å². The molecule has 5 rings (SSSR count). The van der Waals surface area contributed by atoms with E-state index in [4.69, 9.17) is 24.7 Å². The van der Waals surface area contributed by atoms with Crippen molar-refractivity contribution in [1.82, 2.24) is 35.6 Å². The highest BCUT2D eigenvalue weighted by Gasteiger charge is 2.47. The maximum atomic E-state index is 13.8. The number of benzene rings is 1. The second-order valence-corrected chi connectivity index (χ2v) is 24.9. The van der Waals surface area contributed by atoms with Gasteiger partial charge in [-0.05, 0) is 108 Å². The summed E-state index contributed by atoms with van der Waals surface area (Å²) in [5.74, 6) is -3.67. The highest BCUT2D eigenvalue weighted by atomic mass is 16.6. The van der Waals surface area contributed by atoms with E-state index in [1.165, 1.54) is 53.1 Å². The van der Waals surface area contributed by atoms with E-state index >= 15 is 0 Å². The van der Waals surface area contributed by atoms with Crippen LogP contribution in [0.1, 0.15) is 126 Å². The number of likely N-dealkylation sites (N-methyl/N-ethyl adjacent to an activating group) is 1. The smallest absolute Gasteiger partial charge is 0.415 e. The van der Waals surface area contributed by atoms with Gasteiger partial charge in [-0.15, -0.1) is 0 Å². The number of cyclic esters (lactones) is 1. The fraction of sp³-hybridized carbons (Fsp3) is 0.641. The van der Waals surface area contributed by atoms with E-state index in [1.807, 2.05) is 20.8 Å². The van der Waals surface area contributed by atoms with Crippen LogP contribution in [0.4, 0.5) is 20.1 Å². The molecule has 500 valence electrons. The van der Waals surface area contributed by atoms with Crippen molar-refractivity contribution >= 4 is 59.4 Å². The molecular weight excluding hydrogens is 1170 g/mol. The van der Waals surface area contributed by atoms with E-state index in [1.54, 1.807) is 65.1 Å². The van der Waals surface area contributed by atoms with E-state index in [0.29, 0.717) is 63.0 Å². The highest BCUT2D eigenvalue weighted by molar-refractivity contribution is 6.12. The van der Waals surface area contributed by atoms with Crippen LogP contribution in [0.5, 0.6) is 5.75 Å². The lowest BCUT2D eigenvalue weighted by Gasteiger charge is -2.37.